The summed E-state index contributed by atoms with van der Waals surface area (Å²) in [5, 5.41) is 6.04. The summed E-state index contributed by atoms with van der Waals surface area (Å²) in [7, 11) is -0.398. The maximum Gasteiger partial charge on any atom is 0.317 e. The fourth-order valence-electron chi connectivity index (χ4n) is 5.23. The Morgan fingerprint density at radius 1 is 1.21 bits per heavy atom. The number of rotatable bonds is 6. The zero-order chi connectivity index (χ0) is 26.7. The van der Waals surface area contributed by atoms with Crippen molar-refractivity contribution in [2.75, 3.05) is 20.3 Å². The minimum absolute atomic E-state index is 0.130. The SMILES string of the molecule is CCOc1nc2nn1COCC[Si](C)(C)c1cc(-c3ccc(C4=CCC(CC(=O)OC)CC4)nc3)ccc1-2. The lowest BCUT2D eigenvalue weighted by atomic mass is 9.86. The van der Waals surface area contributed by atoms with Crippen LogP contribution < -0.4 is 9.92 Å². The van der Waals surface area contributed by atoms with E-state index < -0.39 is 8.07 Å². The Hall–Kier alpha value is -3.30. The molecule has 5 rings (SSSR count). The molecule has 1 atom stereocenters. The average molecular weight is 533 g/mol. The van der Waals surface area contributed by atoms with Gasteiger partial charge in [-0.1, -0.05) is 43.4 Å². The van der Waals surface area contributed by atoms with E-state index in [9.17, 15) is 4.79 Å². The summed E-state index contributed by atoms with van der Waals surface area (Å²) in [5.74, 6) is 0.907. The molecule has 0 amide bonds. The highest BCUT2D eigenvalue weighted by atomic mass is 28.3. The zero-order valence-corrected chi connectivity index (χ0v) is 23.7. The minimum Gasteiger partial charge on any atom is -0.469 e. The number of methoxy groups -OCH3 is 1. The lowest BCUT2D eigenvalue weighted by Crippen LogP contribution is -2.43. The highest BCUT2D eigenvalue weighted by molar-refractivity contribution is 6.90. The lowest BCUT2D eigenvalue weighted by molar-refractivity contribution is -0.141. The number of hydrogen-bond donors (Lipinski definition) is 0. The van der Waals surface area contributed by atoms with Gasteiger partial charge in [0.1, 0.15) is 6.73 Å². The molecular weight excluding hydrogens is 496 g/mol. The highest BCUT2D eigenvalue weighted by Crippen LogP contribution is 2.32. The Labute approximate surface area is 225 Å². The van der Waals surface area contributed by atoms with Crippen LogP contribution >= 0.6 is 0 Å². The van der Waals surface area contributed by atoms with Gasteiger partial charge in [0.05, 0.1) is 27.5 Å². The zero-order valence-electron chi connectivity index (χ0n) is 22.7. The quantitative estimate of drug-likeness (QED) is 0.324. The van der Waals surface area contributed by atoms with Crippen molar-refractivity contribution in [1.29, 1.82) is 0 Å². The third-order valence-electron chi connectivity index (χ3n) is 7.61. The largest absolute Gasteiger partial charge is 0.469 e. The van der Waals surface area contributed by atoms with Gasteiger partial charge < -0.3 is 14.2 Å². The summed E-state index contributed by atoms with van der Waals surface area (Å²) in [6.07, 6.45) is 7.48. The third kappa shape index (κ3) is 5.58. The van der Waals surface area contributed by atoms with E-state index in [1.165, 1.54) is 17.9 Å². The van der Waals surface area contributed by atoms with Gasteiger partial charge in [0.15, 0.2) is 5.82 Å². The molecule has 0 radical (unpaired) electrons. The smallest absolute Gasteiger partial charge is 0.317 e. The number of carbonyl (C=O) groups excluding carboxylic acids is 1. The van der Waals surface area contributed by atoms with Gasteiger partial charge in [-0.15, -0.1) is 5.10 Å². The second kappa shape index (κ2) is 11.2. The Kier molecular flexibility index (Phi) is 7.76. The number of nitrogens with zero attached hydrogens (tertiary/aromatic N) is 4. The molecule has 2 aromatic heterocycles. The molecule has 8 nitrogen and oxygen atoms in total. The molecule has 2 bridgehead atoms. The second-order valence-electron chi connectivity index (χ2n) is 10.7. The monoisotopic (exact) mass is 532 g/mol. The van der Waals surface area contributed by atoms with Crippen molar-refractivity contribution >= 4 is 24.8 Å². The summed E-state index contributed by atoms with van der Waals surface area (Å²) in [4.78, 5) is 21.1. The molecule has 3 heterocycles. The van der Waals surface area contributed by atoms with Crippen LogP contribution in [0.15, 0.2) is 42.6 Å². The lowest BCUT2D eigenvalue weighted by Gasteiger charge is -2.26. The molecule has 200 valence electrons. The van der Waals surface area contributed by atoms with Gasteiger partial charge in [-0.25, -0.2) is 0 Å². The molecule has 3 aromatic rings. The first-order chi connectivity index (χ1) is 18.4. The van der Waals surface area contributed by atoms with E-state index in [-0.39, 0.29) is 5.97 Å². The normalized spacial score (nSPS) is 18.7. The second-order valence-corrected chi connectivity index (χ2v) is 15.5. The Morgan fingerprint density at radius 2 is 2.05 bits per heavy atom. The number of carbonyl (C=O) groups is 1. The van der Waals surface area contributed by atoms with Crippen molar-refractivity contribution in [3.05, 3.63) is 48.3 Å². The van der Waals surface area contributed by atoms with E-state index >= 15 is 0 Å². The molecule has 2 aliphatic rings. The topological polar surface area (TPSA) is 88.4 Å². The van der Waals surface area contributed by atoms with Gasteiger partial charge in [-0.05, 0) is 60.5 Å². The maximum absolute atomic E-state index is 11.6. The third-order valence-corrected chi connectivity index (χ3v) is 10.9. The fraction of sp³-hybridized carbons (Fsp3) is 0.448. The first kappa shape index (κ1) is 26.3. The van der Waals surface area contributed by atoms with Crippen molar-refractivity contribution in [2.45, 2.75) is 58.5 Å². The van der Waals surface area contributed by atoms with E-state index in [2.05, 4.69) is 49.5 Å². The average Bonchev–Trinajstić information content (AvgIpc) is 3.33. The van der Waals surface area contributed by atoms with E-state index in [0.29, 0.717) is 44.1 Å². The summed E-state index contributed by atoms with van der Waals surface area (Å²) >= 11 is 0. The van der Waals surface area contributed by atoms with Crippen LogP contribution in [0.5, 0.6) is 6.01 Å². The van der Waals surface area contributed by atoms with E-state index in [1.807, 2.05) is 13.1 Å². The van der Waals surface area contributed by atoms with Crippen molar-refractivity contribution < 1.29 is 19.0 Å². The van der Waals surface area contributed by atoms with E-state index in [1.54, 1.807) is 4.68 Å². The number of esters is 1. The number of hydrogen-bond acceptors (Lipinski definition) is 7. The molecule has 1 unspecified atom stereocenters. The van der Waals surface area contributed by atoms with Crippen molar-refractivity contribution in [3.63, 3.8) is 0 Å². The summed E-state index contributed by atoms with van der Waals surface area (Å²) in [6.45, 7) is 8.25. The maximum atomic E-state index is 11.6. The molecule has 0 saturated carbocycles. The highest BCUT2D eigenvalue weighted by Gasteiger charge is 2.30. The van der Waals surface area contributed by atoms with Crippen LogP contribution in [0.3, 0.4) is 0 Å². The Balaban J connectivity index is 1.42. The summed E-state index contributed by atoms with van der Waals surface area (Å²) in [5.41, 5.74) is 5.56. The molecule has 1 aliphatic heterocycles. The van der Waals surface area contributed by atoms with Crippen molar-refractivity contribution in [3.8, 4) is 28.5 Å². The van der Waals surface area contributed by atoms with Crippen LogP contribution in [0.2, 0.25) is 19.1 Å². The predicted molar refractivity (Wildman–Crippen MR) is 150 cm³/mol. The van der Waals surface area contributed by atoms with Gasteiger partial charge in [-0.2, -0.15) is 9.67 Å². The molecule has 0 fully saturated rings. The summed E-state index contributed by atoms with van der Waals surface area (Å²) < 4.78 is 18.2. The van der Waals surface area contributed by atoms with Crippen LogP contribution in [0, 0.1) is 5.92 Å². The van der Waals surface area contributed by atoms with Gasteiger partial charge >= 0.3 is 12.0 Å². The van der Waals surface area contributed by atoms with Crippen LogP contribution in [-0.2, 0) is 21.0 Å². The predicted octanol–water partition coefficient (Wildman–Crippen LogP) is 5.06. The molecule has 1 aliphatic carbocycles. The number of fused-ring (bicyclic) bond motifs is 4. The van der Waals surface area contributed by atoms with Gasteiger partial charge in [0.2, 0.25) is 0 Å². The molecular formula is C29H36N4O4Si. The number of pyridine rings is 1. The first-order valence-corrected chi connectivity index (χ1v) is 16.6. The molecule has 38 heavy (non-hydrogen) atoms. The van der Waals surface area contributed by atoms with Crippen LogP contribution in [0.25, 0.3) is 28.1 Å². The number of allylic oxidation sites excluding steroid dienone is 2. The fourth-order valence-corrected chi connectivity index (χ4v) is 7.63. The van der Waals surface area contributed by atoms with Crippen molar-refractivity contribution in [2.24, 2.45) is 5.92 Å². The first-order valence-electron chi connectivity index (χ1n) is 13.4. The van der Waals surface area contributed by atoms with E-state index in [4.69, 9.17) is 29.3 Å². The Bertz CT molecular complexity index is 1330. The van der Waals surface area contributed by atoms with Crippen LogP contribution in [0.4, 0.5) is 0 Å². The van der Waals surface area contributed by atoms with Gasteiger partial charge in [-0.3, -0.25) is 9.78 Å². The molecule has 0 spiro atoms. The van der Waals surface area contributed by atoms with E-state index in [0.717, 1.165) is 47.7 Å². The number of benzene rings is 1. The standard InChI is InChI=1S/C29H36N4O4Si/c1-5-37-29-31-28-24-12-10-22(17-26(24)38(3,4)15-14-36-19-33(29)32-28)23-11-13-25(30-18-23)21-8-6-20(7-9-21)16-27(34)35-2/h8,10-13,17-18,20H,5-7,9,14-16,19H2,1-4H3. The summed E-state index contributed by atoms with van der Waals surface area (Å²) in [6, 6.07) is 12.4. The molecule has 0 saturated heterocycles. The number of aromatic nitrogens is 4. The van der Waals surface area contributed by atoms with Crippen molar-refractivity contribution in [1.82, 2.24) is 19.7 Å². The molecule has 0 N–H and O–H groups in total. The molecule has 9 heteroatoms. The number of ether oxygens (including phenoxy) is 3. The van der Waals surface area contributed by atoms with Crippen LogP contribution in [-0.4, -0.2) is 54.1 Å². The molecule has 1 aromatic carbocycles. The Morgan fingerprint density at radius 3 is 2.76 bits per heavy atom. The minimum atomic E-state index is -1.85. The van der Waals surface area contributed by atoms with Crippen LogP contribution in [0.1, 0.15) is 38.3 Å². The van der Waals surface area contributed by atoms with Gasteiger partial charge in [0.25, 0.3) is 0 Å². The van der Waals surface area contributed by atoms with Gasteiger partial charge in [0, 0.05) is 30.4 Å².